The summed E-state index contributed by atoms with van der Waals surface area (Å²) in [6.45, 7) is 1.95. The Morgan fingerprint density at radius 1 is 1.50 bits per heavy atom. The van der Waals surface area contributed by atoms with E-state index in [2.05, 4.69) is 41.7 Å². The van der Waals surface area contributed by atoms with Crippen LogP contribution < -0.4 is 0 Å². The number of tetrazole rings is 1. The zero-order valence-electron chi connectivity index (χ0n) is 7.82. The van der Waals surface area contributed by atoms with Gasteiger partial charge in [0.2, 0.25) is 0 Å². The maximum atomic E-state index is 4.27. The van der Waals surface area contributed by atoms with Gasteiger partial charge in [-0.1, -0.05) is 5.21 Å². The van der Waals surface area contributed by atoms with E-state index in [0.29, 0.717) is 12.2 Å². The number of hydrogen-bond acceptors (Lipinski definition) is 4. The fourth-order valence-corrected chi connectivity index (χ4v) is 1.76. The molecule has 1 N–H and O–H groups in total. The van der Waals surface area contributed by atoms with Crippen LogP contribution in [0, 0.1) is 6.92 Å². The van der Waals surface area contributed by atoms with Gasteiger partial charge in [0, 0.05) is 7.05 Å². The van der Waals surface area contributed by atoms with Crippen molar-refractivity contribution in [2.45, 2.75) is 13.3 Å². The van der Waals surface area contributed by atoms with E-state index in [9.17, 15) is 0 Å². The minimum atomic E-state index is 0.619. The fourth-order valence-electron chi connectivity index (χ4n) is 1.28. The van der Waals surface area contributed by atoms with E-state index in [1.807, 2.05) is 18.7 Å². The number of nitrogens with zero attached hydrogens (tertiary/aromatic N) is 5. The Labute approximate surface area is 88.8 Å². The topological polar surface area (TPSA) is 72.3 Å². The Kier molecular flexibility index (Phi) is 2.32. The molecule has 74 valence electrons. The van der Waals surface area contributed by atoms with Crippen molar-refractivity contribution in [3.63, 3.8) is 0 Å². The van der Waals surface area contributed by atoms with Crippen LogP contribution in [0.3, 0.4) is 0 Å². The monoisotopic (exact) mass is 256 g/mol. The zero-order chi connectivity index (χ0) is 10.1. The van der Waals surface area contributed by atoms with Crippen molar-refractivity contribution in [2.75, 3.05) is 0 Å². The molecule has 0 saturated carbocycles. The lowest BCUT2D eigenvalue weighted by Crippen LogP contribution is -2.01. The van der Waals surface area contributed by atoms with Gasteiger partial charge in [0.1, 0.15) is 0 Å². The molecule has 0 unspecified atom stereocenters. The normalized spacial score (nSPS) is 10.8. The van der Waals surface area contributed by atoms with Gasteiger partial charge in [-0.25, -0.2) is 0 Å². The quantitative estimate of drug-likeness (QED) is 0.854. The molecule has 0 aromatic carbocycles. The van der Waals surface area contributed by atoms with E-state index in [0.717, 1.165) is 15.9 Å². The molecule has 14 heavy (non-hydrogen) atoms. The fraction of sp³-hybridized carbons (Fsp3) is 0.429. The van der Waals surface area contributed by atoms with Crippen molar-refractivity contribution >= 4 is 15.9 Å². The lowest BCUT2D eigenvalue weighted by molar-refractivity contribution is 0.708. The lowest BCUT2D eigenvalue weighted by atomic mass is 10.3. The van der Waals surface area contributed by atoms with Crippen molar-refractivity contribution in [3.05, 3.63) is 21.7 Å². The highest BCUT2D eigenvalue weighted by Gasteiger charge is 2.12. The Morgan fingerprint density at radius 3 is 2.79 bits per heavy atom. The number of H-pyrrole nitrogens is 1. The van der Waals surface area contributed by atoms with Gasteiger partial charge in [0.25, 0.3) is 0 Å². The third-order valence-electron chi connectivity index (χ3n) is 1.98. The third-order valence-corrected chi connectivity index (χ3v) is 3.01. The summed E-state index contributed by atoms with van der Waals surface area (Å²) in [5.41, 5.74) is 2.01. The van der Waals surface area contributed by atoms with Gasteiger partial charge >= 0.3 is 0 Å². The van der Waals surface area contributed by atoms with E-state index >= 15 is 0 Å². The van der Waals surface area contributed by atoms with Crippen molar-refractivity contribution in [1.82, 2.24) is 30.4 Å². The van der Waals surface area contributed by atoms with Gasteiger partial charge in [-0.2, -0.15) is 10.3 Å². The predicted molar refractivity (Wildman–Crippen MR) is 52.6 cm³/mol. The molecule has 2 aromatic rings. The predicted octanol–water partition coefficient (Wildman–Crippen LogP) is 0.595. The molecule has 2 rings (SSSR count). The van der Waals surface area contributed by atoms with Crippen LogP contribution in [0.5, 0.6) is 0 Å². The molecule has 0 atom stereocenters. The molecule has 7 heteroatoms. The maximum Gasteiger partial charge on any atom is 0.180 e. The van der Waals surface area contributed by atoms with Crippen molar-refractivity contribution in [2.24, 2.45) is 7.05 Å². The standard InChI is InChI=1S/C7H9BrN6/c1-4-7(8)5(14(2)11-4)3-6-9-12-13-10-6/h3H2,1-2H3,(H,9,10,12,13). The molecule has 2 heterocycles. The number of aromatic nitrogens is 6. The summed E-state index contributed by atoms with van der Waals surface area (Å²) in [6.07, 6.45) is 0.619. The molecule has 0 amide bonds. The average molecular weight is 257 g/mol. The van der Waals surface area contributed by atoms with Gasteiger partial charge in [0.15, 0.2) is 5.82 Å². The smallest absolute Gasteiger partial charge is 0.180 e. The largest absolute Gasteiger partial charge is 0.271 e. The molecule has 0 bridgehead atoms. The van der Waals surface area contributed by atoms with Crippen LogP contribution in [0.15, 0.2) is 4.47 Å². The van der Waals surface area contributed by atoms with Gasteiger partial charge in [0.05, 0.1) is 22.3 Å². The Bertz CT molecular complexity index is 431. The molecule has 0 radical (unpaired) electrons. The minimum Gasteiger partial charge on any atom is -0.271 e. The molecule has 0 aliphatic heterocycles. The second-order valence-corrected chi connectivity index (χ2v) is 3.77. The third kappa shape index (κ3) is 1.54. The van der Waals surface area contributed by atoms with E-state index < -0.39 is 0 Å². The number of hydrogen-bond donors (Lipinski definition) is 1. The van der Waals surface area contributed by atoms with Gasteiger partial charge in [-0.3, -0.25) is 4.68 Å². The highest BCUT2D eigenvalue weighted by molar-refractivity contribution is 9.10. The second kappa shape index (κ2) is 3.49. The Morgan fingerprint density at radius 2 is 2.29 bits per heavy atom. The first-order chi connectivity index (χ1) is 6.68. The second-order valence-electron chi connectivity index (χ2n) is 2.97. The first-order valence-corrected chi connectivity index (χ1v) is 4.88. The Hall–Kier alpha value is -1.24. The van der Waals surface area contributed by atoms with E-state index in [1.165, 1.54) is 0 Å². The number of aromatic amines is 1. The number of rotatable bonds is 2. The van der Waals surface area contributed by atoms with Crippen LogP contribution in [-0.4, -0.2) is 30.4 Å². The summed E-state index contributed by atoms with van der Waals surface area (Å²) in [5, 5.41) is 18.0. The first kappa shape index (κ1) is 9.32. The Balaban J connectivity index is 2.33. The maximum absolute atomic E-state index is 4.27. The summed E-state index contributed by atoms with van der Waals surface area (Å²) >= 11 is 3.48. The molecule has 0 aliphatic carbocycles. The summed E-state index contributed by atoms with van der Waals surface area (Å²) in [4.78, 5) is 0. The first-order valence-electron chi connectivity index (χ1n) is 4.08. The average Bonchev–Trinajstić information content (AvgIpc) is 2.71. The van der Waals surface area contributed by atoms with Crippen LogP contribution >= 0.6 is 15.9 Å². The molecule has 0 spiro atoms. The van der Waals surface area contributed by atoms with Crippen molar-refractivity contribution < 1.29 is 0 Å². The molecule has 0 aliphatic rings. The molecule has 2 aromatic heterocycles. The summed E-state index contributed by atoms with van der Waals surface area (Å²) in [6, 6.07) is 0. The van der Waals surface area contributed by atoms with Crippen LogP contribution in [0.4, 0.5) is 0 Å². The molecule has 0 fully saturated rings. The van der Waals surface area contributed by atoms with E-state index in [-0.39, 0.29) is 0 Å². The van der Waals surface area contributed by atoms with Gasteiger partial charge in [-0.15, -0.1) is 10.2 Å². The molecule has 0 saturated heterocycles. The SMILES string of the molecule is Cc1nn(C)c(Cc2nn[nH]n2)c1Br. The minimum absolute atomic E-state index is 0.619. The summed E-state index contributed by atoms with van der Waals surface area (Å²) < 4.78 is 2.82. The van der Waals surface area contributed by atoms with E-state index in [1.54, 1.807) is 0 Å². The van der Waals surface area contributed by atoms with Gasteiger partial charge in [-0.05, 0) is 22.9 Å². The molecule has 6 nitrogen and oxygen atoms in total. The number of halogens is 1. The number of nitrogens with one attached hydrogen (secondary N) is 1. The summed E-state index contributed by atoms with van der Waals surface area (Å²) in [7, 11) is 1.90. The van der Waals surface area contributed by atoms with Crippen LogP contribution in [0.1, 0.15) is 17.2 Å². The highest BCUT2D eigenvalue weighted by atomic mass is 79.9. The van der Waals surface area contributed by atoms with Crippen LogP contribution in [-0.2, 0) is 13.5 Å². The van der Waals surface area contributed by atoms with Crippen molar-refractivity contribution in [1.29, 1.82) is 0 Å². The number of aryl methyl sites for hydroxylation is 2. The lowest BCUT2D eigenvalue weighted by Gasteiger charge is -1.97. The van der Waals surface area contributed by atoms with Crippen LogP contribution in [0.25, 0.3) is 0 Å². The summed E-state index contributed by atoms with van der Waals surface area (Å²) in [5.74, 6) is 0.661. The van der Waals surface area contributed by atoms with Crippen molar-refractivity contribution in [3.8, 4) is 0 Å². The molecular formula is C7H9BrN6. The zero-order valence-corrected chi connectivity index (χ0v) is 9.41. The molecular weight excluding hydrogens is 248 g/mol. The highest BCUT2D eigenvalue weighted by Crippen LogP contribution is 2.21. The van der Waals surface area contributed by atoms with E-state index in [4.69, 9.17) is 0 Å². The van der Waals surface area contributed by atoms with Gasteiger partial charge < -0.3 is 0 Å². The van der Waals surface area contributed by atoms with Crippen LogP contribution in [0.2, 0.25) is 0 Å².